The van der Waals surface area contributed by atoms with E-state index >= 15 is 0 Å². The van der Waals surface area contributed by atoms with Gasteiger partial charge < -0.3 is 9.38 Å². The van der Waals surface area contributed by atoms with Gasteiger partial charge in [0.1, 0.15) is 0 Å². The summed E-state index contributed by atoms with van der Waals surface area (Å²) in [5.41, 5.74) is 24.0. The van der Waals surface area contributed by atoms with Gasteiger partial charge in [0.15, 0.2) is 0 Å². The van der Waals surface area contributed by atoms with Crippen LogP contribution in [0.15, 0.2) is 170 Å². The Labute approximate surface area is 321 Å². The molecule has 0 spiro atoms. The summed E-state index contributed by atoms with van der Waals surface area (Å²) in [6.07, 6.45) is 0. The molecule has 55 heavy (non-hydrogen) atoms. The molecule has 3 aliphatic heterocycles. The van der Waals surface area contributed by atoms with E-state index in [4.69, 9.17) is 0 Å². The van der Waals surface area contributed by atoms with Crippen LogP contribution >= 0.6 is 0 Å². The van der Waals surface area contributed by atoms with Crippen LogP contribution in [0.1, 0.15) is 25.0 Å². The van der Waals surface area contributed by atoms with E-state index in [9.17, 15) is 0 Å². The van der Waals surface area contributed by atoms with Crippen LogP contribution in [0.2, 0.25) is 0 Å². The van der Waals surface area contributed by atoms with Crippen molar-refractivity contribution in [1.29, 1.82) is 0 Å². The lowest BCUT2D eigenvalue weighted by molar-refractivity contribution is 0.660. The molecule has 0 atom stereocenters. The van der Waals surface area contributed by atoms with Crippen LogP contribution in [-0.4, -0.2) is 18.1 Å². The molecule has 0 saturated carbocycles. The average Bonchev–Trinajstić information content (AvgIpc) is 3.68. The highest BCUT2D eigenvalue weighted by atomic mass is 15.1. The fourth-order valence-electron chi connectivity index (χ4n) is 11.1. The minimum Gasteiger partial charge on any atom is -0.377 e. The van der Waals surface area contributed by atoms with Crippen LogP contribution in [0.3, 0.4) is 0 Å². The molecule has 8 aromatic carbocycles. The fraction of sp³-hybridized carbons (Fsp3) is 0.0588. The summed E-state index contributed by atoms with van der Waals surface area (Å²) < 4.78 is 2.49. The first-order valence-electron chi connectivity index (χ1n) is 19.6. The average molecular weight is 696 g/mol. The second-order valence-corrected chi connectivity index (χ2v) is 16.4. The predicted octanol–water partition coefficient (Wildman–Crippen LogP) is 8.82. The van der Waals surface area contributed by atoms with Gasteiger partial charge in [-0.15, -0.1) is 0 Å². The number of hydrogen-bond donors (Lipinski definition) is 0. The fourth-order valence-corrected chi connectivity index (χ4v) is 11.1. The molecular formula is C51H34B2N2. The molecule has 0 saturated heterocycles. The van der Waals surface area contributed by atoms with Gasteiger partial charge in [0, 0.05) is 44.4 Å². The Morgan fingerprint density at radius 2 is 0.982 bits per heavy atom. The summed E-state index contributed by atoms with van der Waals surface area (Å²) in [5.74, 6) is 0. The maximum Gasteiger partial charge on any atom is 0.329 e. The molecular weight excluding hydrogens is 662 g/mol. The first-order chi connectivity index (χ1) is 27.1. The number of aromatic nitrogens is 1. The molecule has 254 valence electrons. The summed E-state index contributed by atoms with van der Waals surface area (Å²) in [4.78, 5) is 2.69. The molecule has 0 radical (unpaired) electrons. The van der Waals surface area contributed by atoms with E-state index < -0.39 is 0 Å². The minimum atomic E-state index is -0.0631. The van der Waals surface area contributed by atoms with Crippen molar-refractivity contribution in [2.24, 2.45) is 0 Å². The lowest BCUT2D eigenvalue weighted by Gasteiger charge is -2.49. The molecule has 4 aliphatic rings. The number of anilines is 2. The summed E-state index contributed by atoms with van der Waals surface area (Å²) in [6.45, 7) is 4.95. The molecule has 4 heteroatoms. The first-order valence-corrected chi connectivity index (χ1v) is 19.6. The molecule has 0 fully saturated rings. The zero-order chi connectivity index (χ0) is 36.2. The van der Waals surface area contributed by atoms with E-state index in [0.29, 0.717) is 0 Å². The standard InChI is InChI=1S/C51H34B2N2/c1-51(2)41-19-7-3-13-33(41)34-27-26-32(30-42(34)51)54-47-24-10-6-16-37(47)40-29-31(25-28-48(40)54)52-45-22-11-17-38-35-14-4-8-20-43(35)53-44-21-9-5-15-36(44)39-18-12-23-46(52)50(39)55(53)49(38)45/h3-30H,1-2H3. The summed E-state index contributed by atoms with van der Waals surface area (Å²) in [7, 11) is 0. The molecule has 1 aromatic heterocycles. The zero-order valence-electron chi connectivity index (χ0n) is 30.7. The Balaban J connectivity index is 1.06. The quantitative estimate of drug-likeness (QED) is 0.164. The van der Waals surface area contributed by atoms with Crippen LogP contribution in [0.4, 0.5) is 11.4 Å². The number of hydrogen-bond acceptors (Lipinski definition) is 1. The van der Waals surface area contributed by atoms with Gasteiger partial charge in [0.25, 0.3) is 0 Å². The van der Waals surface area contributed by atoms with Gasteiger partial charge in [-0.1, -0.05) is 165 Å². The predicted molar refractivity (Wildman–Crippen MR) is 234 cm³/mol. The SMILES string of the molecule is CC1(C)c2ccccc2-c2ccc(-n3c4ccccc4c4cc(B5c6cccc7c6N6B(c8ccccc8-7)c7ccccc7-c7cccc5c76)ccc43)cc21. The van der Waals surface area contributed by atoms with Gasteiger partial charge in [0.05, 0.1) is 11.0 Å². The number of benzene rings is 8. The van der Waals surface area contributed by atoms with Crippen molar-refractivity contribution in [3.63, 3.8) is 0 Å². The monoisotopic (exact) mass is 696 g/mol. The van der Waals surface area contributed by atoms with Crippen molar-refractivity contribution >= 4 is 74.1 Å². The molecule has 0 N–H and O–H groups in total. The van der Waals surface area contributed by atoms with E-state index in [-0.39, 0.29) is 19.0 Å². The maximum absolute atomic E-state index is 2.69. The number of rotatable bonds is 2. The van der Waals surface area contributed by atoms with Crippen molar-refractivity contribution in [1.82, 2.24) is 4.57 Å². The lowest BCUT2D eigenvalue weighted by atomic mass is 9.32. The second-order valence-electron chi connectivity index (χ2n) is 16.4. The highest BCUT2D eigenvalue weighted by molar-refractivity contribution is 7.01. The smallest absolute Gasteiger partial charge is 0.329 e. The van der Waals surface area contributed by atoms with Gasteiger partial charge in [-0.2, -0.15) is 0 Å². The van der Waals surface area contributed by atoms with Crippen LogP contribution < -0.4 is 32.1 Å². The number of nitrogens with zero attached hydrogens (tertiary/aromatic N) is 2. The number of para-hydroxylation sites is 3. The Kier molecular flexibility index (Phi) is 5.63. The van der Waals surface area contributed by atoms with Gasteiger partial charge >= 0.3 is 6.85 Å². The summed E-state index contributed by atoms with van der Waals surface area (Å²) in [5, 5.41) is 2.58. The lowest BCUT2D eigenvalue weighted by Crippen LogP contribution is -2.67. The Morgan fingerprint density at radius 3 is 1.71 bits per heavy atom. The van der Waals surface area contributed by atoms with Crippen LogP contribution in [-0.2, 0) is 5.41 Å². The first kappa shape index (κ1) is 29.9. The summed E-state index contributed by atoms with van der Waals surface area (Å²) in [6, 6.07) is 64.5. The third-order valence-electron chi connectivity index (χ3n) is 13.4. The van der Waals surface area contributed by atoms with E-state index in [2.05, 4.69) is 193 Å². The van der Waals surface area contributed by atoms with Crippen LogP contribution in [0.5, 0.6) is 0 Å². The largest absolute Gasteiger partial charge is 0.377 e. The third-order valence-corrected chi connectivity index (χ3v) is 13.4. The zero-order valence-corrected chi connectivity index (χ0v) is 30.7. The molecule has 0 bridgehead atoms. The molecule has 1 aliphatic carbocycles. The molecule has 2 nitrogen and oxygen atoms in total. The van der Waals surface area contributed by atoms with Gasteiger partial charge in [0.2, 0.25) is 6.71 Å². The van der Waals surface area contributed by atoms with Gasteiger partial charge in [-0.05, 0) is 79.5 Å². The normalized spacial score (nSPS) is 14.8. The molecule has 0 amide bonds. The maximum atomic E-state index is 2.69. The van der Waals surface area contributed by atoms with Crippen molar-refractivity contribution in [2.45, 2.75) is 19.3 Å². The van der Waals surface area contributed by atoms with E-state index in [1.165, 1.54) is 111 Å². The highest BCUT2D eigenvalue weighted by Gasteiger charge is 2.48. The molecule has 13 rings (SSSR count). The molecule has 9 aromatic rings. The second kappa shape index (κ2) is 10.4. The van der Waals surface area contributed by atoms with E-state index in [1.54, 1.807) is 0 Å². The minimum absolute atomic E-state index is 0.0631. The molecule has 0 unspecified atom stereocenters. The molecule has 4 heterocycles. The highest BCUT2D eigenvalue weighted by Crippen LogP contribution is 2.50. The van der Waals surface area contributed by atoms with E-state index in [1.807, 2.05) is 0 Å². The summed E-state index contributed by atoms with van der Waals surface area (Å²) >= 11 is 0. The van der Waals surface area contributed by atoms with E-state index in [0.717, 1.165) is 0 Å². The van der Waals surface area contributed by atoms with Crippen molar-refractivity contribution in [2.75, 3.05) is 4.81 Å². The van der Waals surface area contributed by atoms with Crippen molar-refractivity contribution in [3.05, 3.63) is 181 Å². The van der Waals surface area contributed by atoms with Crippen molar-refractivity contribution < 1.29 is 0 Å². The van der Waals surface area contributed by atoms with Crippen molar-refractivity contribution in [3.8, 4) is 39.1 Å². The Bertz CT molecular complexity index is 3070. The van der Waals surface area contributed by atoms with Crippen LogP contribution in [0, 0.1) is 0 Å². The van der Waals surface area contributed by atoms with Crippen LogP contribution in [0.25, 0.3) is 60.9 Å². The Hall–Kier alpha value is -6.51. The third kappa shape index (κ3) is 3.68. The Morgan fingerprint density at radius 1 is 0.418 bits per heavy atom. The van der Waals surface area contributed by atoms with Gasteiger partial charge in [-0.3, -0.25) is 0 Å². The topological polar surface area (TPSA) is 8.17 Å². The van der Waals surface area contributed by atoms with Gasteiger partial charge in [-0.25, -0.2) is 0 Å². The number of fused-ring (bicyclic) bond motifs is 12.